The van der Waals surface area contributed by atoms with Crippen molar-refractivity contribution in [2.75, 3.05) is 5.73 Å². The zero-order valence-corrected chi connectivity index (χ0v) is 13.0. The van der Waals surface area contributed by atoms with Crippen LogP contribution < -0.4 is 5.73 Å². The second kappa shape index (κ2) is 6.04. The zero-order valence-electron chi connectivity index (χ0n) is 13.0. The Bertz CT molecular complexity index is 644. The first-order chi connectivity index (χ1) is 9.88. The summed E-state index contributed by atoms with van der Waals surface area (Å²) in [6, 6.07) is 9.31. The lowest BCUT2D eigenvalue weighted by molar-refractivity contribution is 0.0675. The van der Waals surface area contributed by atoms with Crippen LogP contribution in [0.2, 0.25) is 0 Å². The van der Waals surface area contributed by atoms with Crippen molar-refractivity contribution in [3.8, 4) is 0 Å². The molecule has 0 aliphatic rings. The molecule has 0 bridgehead atoms. The third-order valence-electron chi connectivity index (χ3n) is 3.53. The highest BCUT2D eigenvalue weighted by atomic mass is 16.3. The van der Waals surface area contributed by atoms with Gasteiger partial charge >= 0.3 is 0 Å². The first-order valence-electron chi connectivity index (χ1n) is 7.11. The molecule has 2 aromatic rings. The van der Waals surface area contributed by atoms with Gasteiger partial charge in [-0.3, -0.25) is 4.79 Å². The smallest absolute Gasteiger partial charge is 0.254 e. The first-order valence-corrected chi connectivity index (χ1v) is 7.11. The Morgan fingerprint density at radius 2 is 1.95 bits per heavy atom. The molecule has 0 saturated heterocycles. The third kappa shape index (κ3) is 3.45. The average Bonchev–Trinajstić information content (AvgIpc) is 2.83. The first kappa shape index (κ1) is 15.2. The summed E-state index contributed by atoms with van der Waals surface area (Å²) in [5.41, 5.74) is 8.12. The summed E-state index contributed by atoms with van der Waals surface area (Å²) in [6.07, 6.45) is 0. The largest absolute Gasteiger partial charge is 0.464 e. The van der Waals surface area contributed by atoms with E-state index in [1.54, 1.807) is 11.0 Å². The van der Waals surface area contributed by atoms with Crippen LogP contribution in [0.5, 0.6) is 0 Å². The SMILES string of the molecule is Cc1ccc(CN(C(=O)c2ccc(C)c(N)c2)C(C)C)o1. The predicted molar refractivity (Wildman–Crippen MR) is 84.0 cm³/mol. The lowest BCUT2D eigenvalue weighted by Crippen LogP contribution is -2.36. The molecule has 0 spiro atoms. The van der Waals surface area contributed by atoms with Crippen LogP contribution in [0.15, 0.2) is 34.7 Å². The average molecular weight is 286 g/mol. The van der Waals surface area contributed by atoms with Crippen LogP contribution in [0.4, 0.5) is 5.69 Å². The molecule has 0 aliphatic heterocycles. The maximum absolute atomic E-state index is 12.7. The highest BCUT2D eigenvalue weighted by Crippen LogP contribution is 2.18. The number of carbonyl (C=O) groups is 1. The molecule has 1 aromatic carbocycles. The number of anilines is 1. The molecule has 112 valence electrons. The number of hydrogen-bond donors (Lipinski definition) is 1. The second-order valence-corrected chi connectivity index (χ2v) is 5.61. The maximum Gasteiger partial charge on any atom is 0.254 e. The molecule has 0 fully saturated rings. The van der Waals surface area contributed by atoms with Gasteiger partial charge in [0.1, 0.15) is 11.5 Å². The number of furan rings is 1. The number of aryl methyl sites for hydroxylation is 2. The van der Waals surface area contributed by atoms with Crippen LogP contribution >= 0.6 is 0 Å². The molecule has 0 saturated carbocycles. The van der Waals surface area contributed by atoms with Crippen molar-refractivity contribution in [3.63, 3.8) is 0 Å². The summed E-state index contributed by atoms with van der Waals surface area (Å²) in [4.78, 5) is 14.5. The summed E-state index contributed by atoms with van der Waals surface area (Å²) in [7, 11) is 0. The quantitative estimate of drug-likeness (QED) is 0.875. The van der Waals surface area contributed by atoms with E-state index in [9.17, 15) is 4.79 Å². The third-order valence-corrected chi connectivity index (χ3v) is 3.53. The molecule has 0 unspecified atom stereocenters. The van der Waals surface area contributed by atoms with Crippen molar-refractivity contribution in [3.05, 3.63) is 53.0 Å². The molecule has 2 N–H and O–H groups in total. The molecule has 1 amide bonds. The van der Waals surface area contributed by atoms with Crippen molar-refractivity contribution in [2.45, 2.75) is 40.3 Å². The standard InChI is InChI=1S/C17H22N2O2/c1-11(2)19(10-15-8-6-13(4)21-15)17(20)14-7-5-12(3)16(18)9-14/h5-9,11H,10,18H2,1-4H3. The number of nitrogen functional groups attached to an aromatic ring is 1. The Labute approximate surface area is 125 Å². The van der Waals surface area contributed by atoms with Crippen LogP contribution in [0.3, 0.4) is 0 Å². The van der Waals surface area contributed by atoms with Gasteiger partial charge in [0.25, 0.3) is 5.91 Å². The molecular formula is C17H22N2O2. The molecule has 4 nitrogen and oxygen atoms in total. The van der Waals surface area contributed by atoms with Crippen molar-refractivity contribution >= 4 is 11.6 Å². The topological polar surface area (TPSA) is 59.5 Å². The molecule has 0 radical (unpaired) electrons. The number of amides is 1. The number of carbonyl (C=O) groups excluding carboxylic acids is 1. The minimum absolute atomic E-state index is 0.0363. The number of nitrogens with two attached hydrogens (primary N) is 1. The van der Waals surface area contributed by atoms with E-state index in [2.05, 4.69) is 0 Å². The van der Waals surface area contributed by atoms with Gasteiger partial charge in [-0.15, -0.1) is 0 Å². The Balaban J connectivity index is 2.24. The van der Waals surface area contributed by atoms with Crippen LogP contribution in [-0.4, -0.2) is 16.8 Å². The van der Waals surface area contributed by atoms with E-state index in [0.29, 0.717) is 17.8 Å². The van der Waals surface area contributed by atoms with E-state index >= 15 is 0 Å². The number of nitrogens with zero attached hydrogens (tertiary/aromatic N) is 1. The number of hydrogen-bond acceptors (Lipinski definition) is 3. The predicted octanol–water partition coefficient (Wildman–Crippen LogP) is 3.53. The van der Waals surface area contributed by atoms with Crippen molar-refractivity contribution < 1.29 is 9.21 Å². The highest BCUT2D eigenvalue weighted by molar-refractivity contribution is 5.95. The molecular weight excluding hydrogens is 264 g/mol. The molecule has 1 heterocycles. The van der Waals surface area contributed by atoms with E-state index in [0.717, 1.165) is 17.1 Å². The number of rotatable bonds is 4. The molecule has 1 aromatic heterocycles. The van der Waals surface area contributed by atoms with E-state index in [1.165, 1.54) is 0 Å². The second-order valence-electron chi connectivity index (χ2n) is 5.61. The van der Waals surface area contributed by atoms with E-state index in [4.69, 9.17) is 10.2 Å². The van der Waals surface area contributed by atoms with Gasteiger partial charge in [0.2, 0.25) is 0 Å². The lowest BCUT2D eigenvalue weighted by atomic mass is 10.1. The van der Waals surface area contributed by atoms with Gasteiger partial charge in [0, 0.05) is 17.3 Å². The van der Waals surface area contributed by atoms with Crippen LogP contribution in [0.25, 0.3) is 0 Å². The van der Waals surface area contributed by atoms with Crippen LogP contribution in [0.1, 0.15) is 41.3 Å². The van der Waals surface area contributed by atoms with Crippen molar-refractivity contribution in [1.29, 1.82) is 0 Å². The van der Waals surface area contributed by atoms with E-state index < -0.39 is 0 Å². The van der Waals surface area contributed by atoms with Gasteiger partial charge in [-0.25, -0.2) is 0 Å². The fourth-order valence-corrected chi connectivity index (χ4v) is 2.17. The molecule has 4 heteroatoms. The Hall–Kier alpha value is -2.23. The van der Waals surface area contributed by atoms with Gasteiger partial charge < -0.3 is 15.1 Å². The summed E-state index contributed by atoms with van der Waals surface area (Å²) >= 11 is 0. The normalized spacial score (nSPS) is 10.9. The van der Waals surface area contributed by atoms with Gasteiger partial charge in [-0.2, -0.15) is 0 Å². The van der Waals surface area contributed by atoms with Crippen molar-refractivity contribution in [1.82, 2.24) is 4.90 Å². The zero-order chi connectivity index (χ0) is 15.6. The molecule has 21 heavy (non-hydrogen) atoms. The van der Waals surface area contributed by atoms with E-state index in [1.807, 2.05) is 52.0 Å². The molecule has 0 atom stereocenters. The van der Waals surface area contributed by atoms with E-state index in [-0.39, 0.29) is 11.9 Å². The van der Waals surface area contributed by atoms with Gasteiger partial charge in [0.05, 0.1) is 6.54 Å². The van der Waals surface area contributed by atoms with Gasteiger partial charge in [-0.1, -0.05) is 6.07 Å². The summed E-state index contributed by atoms with van der Waals surface area (Å²) < 4.78 is 5.57. The summed E-state index contributed by atoms with van der Waals surface area (Å²) in [5, 5.41) is 0. The molecule has 0 aliphatic carbocycles. The Morgan fingerprint density at radius 3 is 2.48 bits per heavy atom. The van der Waals surface area contributed by atoms with Crippen LogP contribution in [-0.2, 0) is 6.54 Å². The van der Waals surface area contributed by atoms with Crippen molar-refractivity contribution in [2.24, 2.45) is 0 Å². The summed E-state index contributed by atoms with van der Waals surface area (Å²) in [6.45, 7) is 8.26. The lowest BCUT2D eigenvalue weighted by Gasteiger charge is -2.26. The molecule has 2 rings (SSSR count). The fraction of sp³-hybridized carbons (Fsp3) is 0.353. The van der Waals surface area contributed by atoms with Crippen LogP contribution in [0, 0.1) is 13.8 Å². The van der Waals surface area contributed by atoms with Gasteiger partial charge in [-0.05, 0) is 57.5 Å². The minimum Gasteiger partial charge on any atom is -0.464 e. The highest BCUT2D eigenvalue weighted by Gasteiger charge is 2.20. The fourth-order valence-electron chi connectivity index (χ4n) is 2.17. The Kier molecular flexibility index (Phi) is 4.36. The number of benzene rings is 1. The summed E-state index contributed by atoms with van der Waals surface area (Å²) in [5.74, 6) is 1.60. The monoisotopic (exact) mass is 286 g/mol. The van der Waals surface area contributed by atoms with Gasteiger partial charge in [0.15, 0.2) is 0 Å². The minimum atomic E-state index is -0.0363. The Morgan fingerprint density at radius 1 is 1.24 bits per heavy atom. The maximum atomic E-state index is 12.7.